The number of rotatable bonds is 5. The van der Waals surface area contributed by atoms with Gasteiger partial charge in [-0.1, -0.05) is 12.1 Å². The Balaban J connectivity index is 1.92. The molecule has 5 heteroatoms. The number of nitrogens with zero attached hydrogens (tertiary/aromatic N) is 3. The van der Waals surface area contributed by atoms with Gasteiger partial charge in [0.15, 0.2) is 0 Å². The number of nitriles is 1. The van der Waals surface area contributed by atoms with Crippen molar-refractivity contribution in [2.24, 2.45) is 0 Å². The van der Waals surface area contributed by atoms with Crippen molar-refractivity contribution in [1.29, 1.82) is 5.26 Å². The number of aromatic nitrogens is 2. The third-order valence-electron chi connectivity index (χ3n) is 2.83. The van der Waals surface area contributed by atoms with E-state index in [1.807, 2.05) is 30.3 Å². The fourth-order valence-electron chi connectivity index (χ4n) is 1.84. The van der Waals surface area contributed by atoms with Crippen molar-refractivity contribution in [1.82, 2.24) is 9.97 Å². The lowest BCUT2D eigenvalue weighted by atomic mass is 10.1. The summed E-state index contributed by atoms with van der Waals surface area (Å²) in [5.74, 6) is 2.13. The van der Waals surface area contributed by atoms with Crippen LogP contribution >= 0.6 is 0 Å². The van der Waals surface area contributed by atoms with Gasteiger partial charge in [0.25, 0.3) is 0 Å². The average Bonchev–Trinajstić information content (AvgIpc) is 2.47. The van der Waals surface area contributed by atoms with Gasteiger partial charge in [-0.05, 0) is 31.0 Å². The van der Waals surface area contributed by atoms with Crippen LogP contribution in [0.1, 0.15) is 17.1 Å². The van der Waals surface area contributed by atoms with Gasteiger partial charge >= 0.3 is 0 Å². The minimum absolute atomic E-state index is 0.379. The Morgan fingerprint density at radius 1 is 1.25 bits per heavy atom. The molecule has 1 N–H and O–H groups in total. The number of hydrogen-bond acceptors (Lipinski definition) is 5. The van der Waals surface area contributed by atoms with E-state index in [4.69, 9.17) is 10.00 Å². The van der Waals surface area contributed by atoms with Crippen molar-refractivity contribution < 1.29 is 4.74 Å². The molecule has 0 unspecified atom stereocenters. The second-order valence-electron chi connectivity index (χ2n) is 4.32. The first-order valence-electron chi connectivity index (χ1n) is 6.34. The van der Waals surface area contributed by atoms with Crippen molar-refractivity contribution in [2.45, 2.75) is 13.3 Å². The van der Waals surface area contributed by atoms with Crippen LogP contribution in [0.25, 0.3) is 0 Å². The Hall–Kier alpha value is -2.61. The molecule has 20 heavy (non-hydrogen) atoms. The van der Waals surface area contributed by atoms with E-state index in [9.17, 15) is 0 Å². The zero-order chi connectivity index (χ0) is 14.4. The summed E-state index contributed by atoms with van der Waals surface area (Å²) in [5, 5.41) is 12.1. The minimum Gasteiger partial charge on any atom is -0.497 e. The summed E-state index contributed by atoms with van der Waals surface area (Å²) in [7, 11) is 1.65. The molecule has 0 saturated carbocycles. The van der Waals surface area contributed by atoms with E-state index in [1.54, 1.807) is 20.1 Å². The molecule has 1 aromatic heterocycles. The Morgan fingerprint density at radius 2 is 2.00 bits per heavy atom. The zero-order valence-electron chi connectivity index (χ0n) is 11.6. The third-order valence-corrected chi connectivity index (χ3v) is 2.83. The smallest absolute Gasteiger partial charge is 0.146 e. The monoisotopic (exact) mass is 268 g/mol. The highest BCUT2D eigenvalue weighted by molar-refractivity contribution is 5.40. The second-order valence-corrected chi connectivity index (χ2v) is 4.32. The molecule has 1 aromatic carbocycles. The van der Waals surface area contributed by atoms with Crippen LogP contribution in [0.15, 0.2) is 30.3 Å². The van der Waals surface area contributed by atoms with Crippen LogP contribution in [-0.4, -0.2) is 23.6 Å². The maximum Gasteiger partial charge on any atom is 0.146 e. The molecule has 0 amide bonds. The van der Waals surface area contributed by atoms with Gasteiger partial charge in [0.1, 0.15) is 29.2 Å². The van der Waals surface area contributed by atoms with Crippen LogP contribution in [0.2, 0.25) is 0 Å². The van der Waals surface area contributed by atoms with Crippen LogP contribution in [-0.2, 0) is 6.42 Å². The normalized spacial score (nSPS) is 9.85. The first kappa shape index (κ1) is 13.8. The number of anilines is 1. The van der Waals surface area contributed by atoms with Crippen molar-refractivity contribution >= 4 is 5.82 Å². The number of ether oxygens (including phenoxy) is 1. The van der Waals surface area contributed by atoms with E-state index in [0.717, 1.165) is 18.7 Å². The first-order chi connectivity index (χ1) is 9.71. The van der Waals surface area contributed by atoms with E-state index in [2.05, 4.69) is 15.3 Å². The molecule has 102 valence electrons. The van der Waals surface area contributed by atoms with Crippen LogP contribution < -0.4 is 10.1 Å². The summed E-state index contributed by atoms with van der Waals surface area (Å²) in [5.41, 5.74) is 1.59. The summed E-state index contributed by atoms with van der Waals surface area (Å²) in [4.78, 5) is 8.26. The molecule has 5 nitrogen and oxygen atoms in total. The van der Waals surface area contributed by atoms with Crippen molar-refractivity contribution in [3.8, 4) is 11.8 Å². The van der Waals surface area contributed by atoms with E-state index in [-0.39, 0.29) is 0 Å². The molecule has 0 fully saturated rings. The largest absolute Gasteiger partial charge is 0.497 e. The summed E-state index contributed by atoms with van der Waals surface area (Å²) >= 11 is 0. The molecular weight excluding hydrogens is 252 g/mol. The zero-order valence-corrected chi connectivity index (χ0v) is 11.6. The highest BCUT2D eigenvalue weighted by Crippen LogP contribution is 2.12. The maximum atomic E-state index is 8.86. The van der Waals surface area contributed by atoms with Crippen molar-refractivity contribution in [3.63, 3.8) is 0 Å². The van der Waals surface area contributed by atoms with Gasteiger partial charge in [0, 0.05) is 12.6 Å². The second kappa shape index (κ2) is 6.53. The summed E-state index contributed by atoms with van der Waals surface area (Å²) in [6.45, 7) is 2.52. The molecule has 0 saturated heterocycles. The lowest BCUT2D eigenvalue weighted by Crippen LogP contribution is -2.08. The van der Waals surface area contributed by atoms with Crippen molar-refractivity contribution in [3.05, 3.63) is 47.4 Å². The highest BCUT2D eigenvalue weighted by Gasteiger charge is 2.01. The van der Waals surface area contributed by atoms with Gasteiger partial charge in [0.2, 0.25) is 0 Å². The number of methoxy groups -OCH3 is 1. The van der Waals surface area contributed by atoms with Gasteiger partial charge in [-0.15, -0.1) is 0 Å². The highest BCUT2D eigenvalue weighted by atomic mass is 16.5. The molecule has 0 bridgehead atoms. The summed E-state index contributed by atoms with van der Waals surface area (Å²) in [6.07, 6.45) is 0.870. The third kappa shape index (κ3) is 3.69. The lowest BCUT2D eigenvalue weighted by Gasteiger charge is -2.07. The van der Waals surface area contributed by atoms with Gasteiger partial charge in [-0.3, -0.25) is 0 Å². The summed E-state index contributed by atoms with van der Waals surface area (Å²) in [6, 6.07) is 11.6. The van der Waals surface area contributed by atoms with Crippen LogP contribution in [0.3, 0.4) is 0 Å². The van der Waals surface area contributed by atoms with Crippen LogP contribution in [0, 0.1) is 18.3 Å². The number of benzene rings is 1. The van der Waals surface area contributed by atoms with Gasteiger partial charge in [-0.25, -0.2) is 9.97 Å². The predicted octanol–water partition coefficient (Wildman–Crippen LogP) is 2.32. The maximum absolute atomic E-state index is 8.86. The SMILES string of the molecule is COc1ccc(CCNc2cc(C#N)nc(C)n2)cc1. The topological polar surface area (TPSA) is 70.8 Å². The predicted molar refractivity (Wildman–Crippen MR) is 76.7 cm³/mol. The molecule has 0 radical (unpaired) electrons. The Bertz CT molecular complexity index is 617. The molecule has 0 spiro atoms. The molecular formula is C15H16N4O. The Kier molecular flexibility index (Phi) is 4.51. The van der Waals surface area contributed by atoms with E-state index < -0.39 is 0 Å². The average molecular weight is 268 g/mol. The summed E-state index contributed by atoms with van der Waals surface area (Å²) < 4.78 is 5.12. The molecule has 2 rings (SSSR count). The van der Waals surface area contributed by atoms with E-state index in [0.29, 0.717) is 17.3 Å². The molecule has 0 aliphatic rings. The van der Waals surface area contributed by atoms with Crippen molar-refractivity contribution in [2.75, 3.05) is 19.0 Å². The van der Waals surface area contributed by atoms with Crippen LogP contribution in [0.5, 0.6) is 5.75 Å². The molecule has 0 aliphatic heterocycles. The van der Waals surface area contributed by atoms with E-state index >= 15 is 0 Å². The standard InChI is InChI=1S/C15H16N4O/c1-11-18-13(10-16)9-15(19-11)17-8-7-12-3-5-14(20-2)6-4-12/h3-6,9H,7-8H2,1-2H3,(H,17,18,19). The molecule has 0 atom stereocenters. The molecule has 0 aliphatic carbocycles. The molecule has 2 aromatic rings. The Labute approximate surface area is 118 Å². The first-order valence-corrected chi connectivity index (χ1v) is 6.34. The van der Waals surface area contributed by atoms with E-state index in [1.165, 1.54) is 5.56 Å². The number of nitrogens with one attached hydrogen (secondary N) is 1. The Morgan fingerprint density at radius 3 is 2.65 bits per heavy atom. The minimum atomic E-state index is 0.379. The number of aryl methyl sites for hydroxylation is 1. The van der Waals surface area contributed by atoms with Gasteiger partial charge in [0.05, 0.1) is 7.11 Å². The quantitative estimate of drug-likeness (QED) is 0.901. The molecule has 1 heterocycles. The fourth-order valence-corrected chi connectivity index (χ4v) is 1.84. The lowest BCUT2D eigenvalue weighted by molar-refractivity contribution is 0.414. The van der Waals surface area contributed by atoms with Gasteiger partial charge in [-0.2, -0.15) is 5.26 Å². The number of hydrogen-bond donors (Lipinski definition) is 1. The van der Waals surface area contributed by atoms with Gasteiger partial charge < -0.3 is 10.1 Å². The fraction of sp³-hybridized carbons (Fsp3) is 0.267. The van der Waals surface area contributed by atoms with Crippen LogP contribution in [0.4, 0.5) is 5.82 Å².